The number of Topliss-reactive ketones (excluding diaryl/α,β-unsaturated/α-hetero) is 1. The maximum atomic E-state index is 12.2. The summed E-state index contributed by atoms with van der Waals surface area (Å²) in [5.41, 5.74) is 1.36. The third-order valence-electron chi connectivity index (χ3n) is 3.94. The minimum absolute atomic E-state index is 0.244. The Balaban J connectivity index is 1.68. The van der Waals surface area contributed by atoms with Crippen LogP contribution in [0.2, 0.25) is 0 Å². The van der Waals surface area contributed by atoms with Gasteiger partial charge in [0, 0.05) is 17.2 Å². The number of ketones is 1. The molecular formula is C14H18OS. The lowest BCUT2D eigenvalue weighted by molar-refractivity contribution is -0.121. The van der Waals surface area contributed by atoms with Crippen LogP contribution in [0.3, 0.4) is 0 Å². The maximum absolute atomic E-state index is 12.2. The van der Waals surface area contributed by atoms with Gasteiger partial charge in [-0.05, 0) is 48.6 Å². The first kappa shape index (κ1) is 10.5. The molecule has 16 heavy (non-hydrogen) atoms. The predicted octanol–water partition coefficient (Wildman–Crippen LogP) is 3.93. The van der Waals surface area contributed by atoms with E-state index in [0.29, 0.717) is 5.78 Å². The minimum atomic E-state index is 0.244. The average Bonchev–Trinajstić information content (AvgIpc) is 3.01. The van der Waals surface area contributed by atoms with Gasteiger partial charge in [-0.1, -0.05) is 12.8 Å². The summed E-state index contributed by atoms with van der Waals surface area (Å²) in [6, 6.07) is 2.18. The van der Waals surface area contributed by atoms with Crippen molar-refractivity contribution in [3.05, 3.63) is 21.9 Å². The SMILES string of the molecule is O=C(CCC1CC1)C1CCCc2sccc21. The highest BCUT2D eigenvalue weighted by Gasteiger charge is 2.29. The molecule has 1 unspecified atom stereocenters. The van der Waals surface area contributed by atoms with E-state index in [4.69, 9.17) is 0 Å². The monoisotopic (exact) mass is 234 g/mol. The zero-order chi connectivity index (χ0) is 11.0. The molecule has 1 aromatic rings. The molecule has 0 saturated heterocycles. The molecule has 0 radical (unpaired) electrons. The molecule has 0 aliphatic heterocycles. The second kappa shape index (κ2) is 4.33. The molecule has 0 amide bonds. The van der Waals surface area contributed by atoms with Crippen LogP contribution in [0, 0.1) is 5.92 Å². The maximum Gasteiger partial charge on any atom is 0.140 e. The Hall–Kier alpha value is -0.630. The summed E-state index contributed by atoms with van der Waals surface area (Å²) in [7, 11) is 0. The van der Waals surface area contributed by atoms with Gasteiger partial charge in [0.05, 0.1) is 0 Å². The molecule has 2 heteroatoms. The molecule has 0 bridgehead atoms. The van der Waals surface area contributed by atoms with E-state index in [1.54, 1.807) is 0 Å². The number of fused-ring (bicyclic) bond motifs is 1. The Bertz CT molecular complexity index is 389. The van der Waals surface area contributed by atoms with E-state index in [-0.39, 0.29) is 5.92 Å². The highest BCUT2D eigenvalue weighted by Crippen LogP contribution is 2.38. The summed E-state index contributed by atoms with van der Waals surface area (Å²) in [4.78, 5) is 13.7. The van der Waals surface area contributed by atoms with Crippen molar-refractivity contribution in [3.8, 4) is 0 Å². The Labute approximate surface area is 101 Å². The van der Waals surface area contributed by atoms with Gasteiger partial charge in [0.2, 0.25) is 0 Å². The van der Waals surface area contributed by atoms with Gasteiger partial charge in [-0.25, -0.2) is 0 Å². The van der Waals surface area contributed by atoms with Crippen molar-refractivity contribution < 1.29 is 4.79 Å². The summed E-state index contributed by atoms with van der Waals surface area (Å²) in [5, 5.41) is 2.15. The van der Waals surface area contributed by atoms with Gasteiger partial charge in [0.25, 0.3) is 0 Å². The molecule has 1 atom stereocenters. The average molecular weight is 234 g/mol. The zero-order valence-electron chi connectivity index (χ0n) is 9.58. The molecule has 2 aliphatic carbocycles. The van der Waals surface area contributed by atoms with Crippen LogP contribution in [-0.2, 0) is 11.2 Å². The first-order chi connectivity index (χ1) is 7.84. The van der Waals surface area contributed by atoms with Crippen LogP contribution in [0.15, 0.2) is 11.4 Å². The third kappa shape index (κ3) is 2.08. The fraction of sp³-hybridized carbons (Fsp3) is 0.643. The molecule has 0 N–H and O–H groups in total. The molecule has 1 aromatic heterocycles. The Morgan fingerprint density at radius 3 is 3.06 bits per heavy atom. The van der Waals surface area contributed by atoms with E-state index in [1.807, 2.05) is 11.3 Å². The van der Waals surface area contributed by atoms with E-state index >= 15 is 0 Å². The topological polar surface area (TPSA) is 17.1 Å². The van der Waals surface area contributed by atoms with Crippen LogP contribution in [0.4, 0.5) is 0 Å². The Morgan fingerprint density at radius 2 is 2.25 bits per heavy atom. The van der Waals surface area contributed by atoms with Crippen LogP contribution in [0.5, 0.6) is 0 Å². The number of carbonyl (C=O) groups is 1. The predicted molar refractivity (Wildman–Crippen MR) is 67.0 cm³/mol. The smallest absolute Gasteiger partial charge is 0.140 e. The van der Waals surface area contributed by atoms with Crippen molar-refractivity contribution in [1.29, 1.82) is 0 Å². The van der Waals surface area contributed by atoms with E-state index in [1.165, 1.54) is 36.1 Å². The third-order valence-corrected chi connectivity index (χ3v) is 4.93. The van der Waals surface area contributed by atoms with E-state index in [2.05, 4.69) is 11.4 Å². The normalized spacial score (nSPS) is 24.1. The number of carbonyl (C=O) groups excluding carboxylic acids is 1. The summed E-state index contributed by atoms with van der Waals surface area (Å²) < 4.78 is 0. The molecule has 3 rings (SSSR count). The molecular weight excluding hydrogens is 216 g/mol. The van der Waals surface area contributed by atoms with Crippen molar-refractivity contribution in [2.45, 2.75) is 50.9 Å². The van der Waals surface area contributed by atoms with Gasteiger partial charge < -0.3 is 0 Å². The summed E-state index contributed by atoms with van der Waals surface area (Å²) in [6.45, 7) is 0. The standard InChI is InChI=1S/C14H18OS/c15-13(7-6-10-4-5-10)11-2-1-3-14-12(11)8-9-16-14/h8-11H,1-7H2. The van der Waals surface area contributed by atoms with Gasteiger partial charge in [0.1, 0.15) is 5.78 Å². The van der Waals surface area contributed by atoms with Gasteiger partial charge >= 0.3 is 0 Å². The molecule has 1 fully saturated rings. The van der Waals surface area contributed by atoms with E-state index in [9.17, 15) is 4.79 Å². The second-order valence-corrected chi connectivity index (χ2v) is 6.19. The largest absolute Gasteiger partial charge is 0.299 e. The Morgan fingerprint density at radius 1 is 1.38 bits per heavy atom. The van der Waals surface area contributed by atoms with Crippen molar-refractivity contribution in [3.63, 3.8) is 0 Å². The lowest BCUT2D eigenvalue weighted by Crippen LogP contribution is -2.17. The van der Waals surface area contributed by atoms with Crippen LogP contribution < -0.4 is 0 Å². The molecule has 1 saturated carbocycles. The van der Waals surface area contributed by atoms with Crippen molar-refractivity contribution in [1.82, 2.24) is 0 Å². The quantitative estimate of drug-likeness (QED) is 0.771. The van der Waals surface area contributed by atoms with Crippen molar-refractivity contribution >= 4 is 17.1 Å². The first-order valence-electron chi connectivity index (χ1n) is 6.43. The van der Waals surface area contributed by atoms with Gasteiger partial charge in [-0.2, -0.15) is 0 Å². The lowest BCUT2D eigenvalue weighted by Gasteiger charge is -2.21. The minimum Gasteiger partial charge on any atom is -0.299 e. The van der Waals surface area contributed by atoms with Gasteiger partial charge in [-0.15, -0.1) is 11.3 Å². The molecule has 1 nitrogen and oxygen atoms in total. The fourth-order valence-electron chi connectivity index (χ4n) is 2.75. The molecule has 0 spiro atoms. The van der Waals surface area contributed by atoms with E-state index in [0.717, 1.165) is 25.2 Å². The number of hydrogen-bond donors (Lipinski definition) is 0. The number of rotatable bonds is 4. The van der Waals surface area contributed by atoms with Gasteiger partial charge in [0.15, 0.2) is 0 Å². The van der Waals surface area contributed by atoms with Crippen LogP contribution in [-0.4, -0.2) is 5.78 Å². The van der Waals surface area contributed by atoms with Crippen molar-refractivity contribution in [2.24, 2.45) is 5.92 Å². The zero-order valence-corrected chi connectivity index (χ0v) is 10.4. The van der Waals surface area contributed by atoms with Gasteiger partial charge in [-0.3, -0.25) is 4.79 Å². The summed E-state index contributed by atoms with van der Waals surface area (Å²) >= 11 is 1.83. The van der Waals surface area contributed by atoms with Crippen LogP contribution >= 0.6 is 11.3 Å². The molecule has 0 aromatic carbocycles. The fourth-order valence-corrected chi connectivity index (χ4v) is 3.74. The lowest BCUT2D eigenvalue weighted by atomic mass is 9.83. The summed E-state index contributed by atoms with van der Waals surface area (Å²) in [5.74, 6) is 1.63. The first-order valence-corrected chi connectivity index (χ1v) is 7.31. The van der Waals surface area contributed by atoms with E-state index < -0.39 is 0 Å². The van der Waals surface area contributed by atoms with Crippen LogP contribution in [0.1, 0.15) is 54.9 Å². The molecule has 1 heterocycles. The summed E-state index contributed by atoms with van der Waals surface area (Å²) in [6.07, 6.45) is 8.18. The highest BCUT2D eigenvalue weighted by atomic mass is 32.1. The highest BCUT2D eigenvalue weighted by molar-refractivity contribution is 7.10. The van der Waals surface area contributed by atoms with Crippen molar-refractivity contribution in [2.75, 3.05) is 0 Å². The number of hydrogen-bond acceptors (Lipinski definition) is 2. The molecule has 2 aliphatic rings. The number of thiophene rings is 1. The van der Waals surface area contributed by atoms with Crippen LogP contribution in [0.25, 0.3) is 0 Å². The second-order valence-electron chi connectivity index (χ2n) is 5.19. The Kier molecular flexibility index (Phi) is 2.84. The molecule has 86 valence electrons. The number of aryl methyl sites for hydroxylation is 1.